The number of para-hydroxylation sites is 1. The highest BCUT2D eigenvalue weighted by atomic mass is 16.5. The highest BCUT2D eigenvalue weighted by Gasteiger charge is 2.50. The number of nitrogens with zero attached hydrogens (tertiary/aromatic N) is 1. The second-order valence-electron chi connectivity index (χ2n) is 6.34. The van der Waals surface area contributed by atoms with E-state index in [-0.39, 0.29) is 18.7 Å². The van der Waals surface area contributed by atoms with E-state index in [1.165, 1.54) is 11.8 Å². The van der Waals surface area contributed by atoms with Crippen molar-refractivity contribution in [3.63, 3.8) is 0 Å². The Kier molecular flexibility index (Phi) is 4.70. The summed E-state index contributed by atoms with van der Waals surface area (Å²) in [5.41, 5.74) is 0.0634. The summed E-state index contributed by atoms with van der Waals surface area (Å²) in [7, 11) is 3.10. The Balaban J connectivity index is 1.99. The topological polar surface area (TPSA) is 76.1 Å². The molecule has 1 aliphatic heterocycles. The fraction of sp³-hybridized carbons (Fsp3) is 0.300. The summed E-state index contributed by atoms with van der Waals surface area (Å²) in [6.07, 6.45) is -0.245. The van der Waals surface area contributed by atoms with Gasteiger partial charge in [0.1, 0.15) is 5.78 Å². The van der Waals surface area contributed by atoms with Gasteiger partial charge in [0, 0.05) is 12.0 Å². The molecule has 6 nitrogen and oxygen atoms in total. The number of methoxy groups -OCH3 is 2. The van der Waals surface area contributed by atoms with Gasteiger partial charge in [-0.2, -0.15) is 0 Å². The molecule has 1 aliphatic rings. The Bertz CT molecular complexity index is 863. The lowest BCUT2D eigenvalue weighted by Gasteiger charge is -2.22. The lowest BCUT2D eigenvalue weighted by atomic mass is 9.90. The number of ketones is 1. The van der Waals surface area contributed by atoms with Gasteiger partial charge in [0.05, 0.1) is 26.5 Å². The van der Waals surface area contributed by atoms with Crippen LogP contribution < -0.4 is 14.4 Å². The summed E-state index contributed by atoms with van der Waals surface area (Å²) >= 11 is 0. The number of hydrogen-bond acceptors (Lipinski definition) is 5. The predicted octanol–water partition coefficient (Wildman–Crippen LogP) is 2.42. The molecule has 6 heteroatoms. The van der Waals surface area contributed by atoms with Crippen LogP contribution in [0.4, 0.5) is 5.69 Å². The molecule has 0 fully saturated rings. The zero-order valence-electron chi connectivity index (χ0n) is 15.0. The van der Waals surface area contributed by atoms with Crippen molar-refractivity contribution in [2.24, 2.45) is 0 Å². The third kappa shape index (κ3) is 2.93. The van der Waals surface area contributed by atoms with E-state index >= 15 is 0 Å². The lowest BCUT2D eigenvalue weighted by molar-refractivity contribution is -0.141. The number of hydrogen-bond donors (Lipinski definition) is 1. The van der Waals surface area contributed by atoms with Crippen LogP contribution in [0.3, 0.4) is 0 Å². The monoisotopic (exact) mass is 355 g/mol. The highest BCUT2D eigenvalue weighted by Crippen LogP contribution is 2.43. The second kappa shape index (κ2) is 6.80. The van der Waals surface area contributed by atoms with Crippen molar-refractivity contribution in [3.05, 3.63) is 53.6 Å². The number of rotatable bonds is 6. The van der Waals surface area contributed by atoms with Crippen LogP contribution in [0.15, 0.2) is 42.5 Å². The smallest absolute Gasteiger partial charge is 0.264 e. The predicted molar refractivity (Wildman–Crippen MR) is 96.4 cm³/mol. The minimum absolute atomic E-state index is 0.245. The number of anilines is 1. The maximum atomic E-state index is 13.0. The first-order valence-electron chi connectivity index (χ1n) is 8.25. The van der Waals surface area contributed by atoms with Crippen LogP contribution in [0, 0.1) is 0 Å². The molecule has 1 atom stereocenters. The fourth-order valence-corrected chi connectivity index (χ4v) is 3.36. The van der Waals surface area contributed by atoms with Crippen molar-refractivity contribution in [2.75, 3.05) is 19.1 Å². The molecule has 1 heterocycles. The van der Waals surface area contributed by atoms with Gasteiger partial charge < -0.3 is 19.5 Å². The van der Waals surface area contributed by atoms with Gasteiger partial charge in [-0.1, -0.05) is 24.3 Å². The Morgan fingerprint density at radius 2 is 1.81 bits per heavy atom. The van der Waals surface area contributed by atoms with Gasteiger partial charge in [-0.25, -0.2) is 0 Å². The van der Waals surface area contributed by atoms with Gasteiger partial charge in [-0.15, -0.1) is 0 Å². The average molecular weight is 355 g/mol. The third-order valence-electron chi connectivity index (χ3n) is 4.53. The number of fused-ring (bicyclic) bond motifs is 1. The number of Topliss-reactive ketones (excluding diaryl/α,β-unsaturated/α-hetero) is 1. The summed E-state index contributed by atoms with van der Waals surface area (Å²) in [6.45, 7) is 1.61. The van der Waals surface area contributed by atoms with Crippen LogP contribution in [0.5, 0.6) is 11.5 Å². The first kappa shape index (κ1) is 17.9. The van der Waals surface area contributed by atoms with Gasteiger partial charge >= 0.3 is 0 Å². The van der Waals surface area contributed by atoms with Gasteiger partial charge in [0.15, 0.2) is 17.1 Å². The van der Waals surface area contributed by atoms with E-state index in [4.69, 9.17) is 9.47 Å². The molecule has 0 radical (unpaired) electrons. The maximum Gasteiger partial charge on any atom is 0.264 e. The Labute approximate surface area is 152 Å². The summed E-state index contributed by atoms with van der Waals surface area (Å²) in [6, 6.07) is 12.4. The van der Waals surface area contributed by atoms with Crippen molar-refractivity contribution in [3.8, 4) is 11.5 Å². The quantitative estimate of drug-likeness (QED) is 0.861. The molecule has 2 aromatic rings. The van der Waals surface area contributed by atoms with Crippen LogP contribution in [0.1, 0.15) is 24.5 Å². The summed E-state index contributed by atoms with van der Waals surface area (Å²) in [5.74, 6) is 0.411. The van der Waals surface area contributed by atoms with Gasteiger partial charge in [0.25, 0.3) is 5.91 Å². The number of amides is 1. The normalized spacial score (nSPS) is 18.6. The molecular weight excluding hydrogens is 334 g/mol. The molecule has 0 saturated heterocycles. The number of carbonyl (C=O) groups excluding carboxylic acids is 2. The van der Waals surface area contributed by atoms with Crippen molar-refractivity contribution in [1.29, 1.82) is 0 Å². The molecule has 0 spiro atoms. The molecule has 136 valence electrons. The summed E-state index contributed by atoms with van der Waals surface area (Å²) in [4.78, 5) is 26.1. The molecular formula is C20H21NO5. The third-order valence-corrected chi connectivity index (χ3v) is 4.53. The Hall–Kier alpha value is -2.86. The average Bonchev–Trinajstić information content (AvgIpc) is 2.83. The lowest BCUT2D eigenvalue weighted by Crippen LogP contribution is -2.41. The van der Waals surface area contributed by atoms with E-state index in [9.17, 15) is 14.7 Å². The molecule has 1 N–H and O–H groups in total. The molecule has 3 rings (SSSR count). The molecule has 0 bridgehead atoms. The second-order valence-corrected chi connectivity index (χ2v) is 6.34. The van der Waals surface area contributed by atoms with E-state index < -0.39 is 11.5 Å². The first-order valence-corrected chi connectivity index (χ1v) is 8.25. The zero-order valence-corrected chi connectivity index (χ0v) is 15.0. The van der Waals surface area contributed by atoms with E-state index in [0.29, 0.717) is 22.7 Å². The Morgan fingerprint density at radius 1 is 1.12 bits per heavy atom. The van der Waals surface area contributed by atoms with E-state index in [2.05, 4.69) is 0 Å². The maximum absolute atomic E-state index is 13.0. The van der Waals surface area contributed by atoms with Crippen LogP contribution in [-0.2, 0) is 21.7 Å². The summed E-state index contributed by atoms with van der Waals surface area (Å²) in [5, 5.41) is 11.0. The SMILES string of the molecule is COc1ccc(CN2C(=O)[C@@](O)(CC(C)=O)c3ccccc32)cc1OC. The van der Waals surface area contributed by atoms with Gasteiger partial charge in [0.2, 0.25) is 0 Å². The van der Waals surface area contributed by atoms with E-state index in [1.54, 1.807) is 50.6 Å². The van der Waals surface area contributed by atoms with Crippen molar-refractivity contribution >= 4 is 17.4 Å². The highest BCUT2D eigenvalue weighted by molar-refractivity contribution is 6.08. The molecule has 1 amide bonds. The molecule has 0 aliphatic carbocycles. The largest absolute Gasteiger partial charge is 0.493 e. The minimum Gasteiger partial charge on any atom is -0.493 e. The number of aliphatic hydroxyl groups is 1. The van der Waals surface area contributed by atoms with Crippen LogP contribution >= 0.6 is 0 Å². The minimum atomic E-state index is -1.82. The number of benzene rings is 2. The van der Waals surface area contributed by atoms with E-state index in [1.807, 2.05) is 6.07 Å². The van der Waals surface area contributed by atoms with Crippen molar-refractivity contribution in [1.82, 2.24) is 0 Å². The van der Waals surface area contributed by atoms with Crippen molar-refractivity contribution < 1.29 is 24.2 Å². The standard InChI is InChI=1S/C20H21NO5/c1-13(22)11-20(24)15-6-4-5-7-16(15)21(19(20)23)12-14-8-9-17(25-2)18(10-14)26-3/h4-10,24H,11-12H2,1-3H3/t20-/m1/s1. The van der Waals surface area contributed by atoms with Crippen LogP contribution in [0.25, 0.3) is 0 Å². The Morgan fingerprint density at radius 3 is 2.46 bits per heavy atom. The molecule has 0 unspecified atom stereocenters. The molecule has 0 saturated carbocycles. The van der Waals surface area contributed by atoms with Gasteiger partial charge in [-0.05, 0) is 30.7 Å². The molecule has 0 aromatic heterocycles. The molecule has 2 aromatic carbocycles. The van der Waals surface area contributed by atoms with Crippen LogP contribution in [-0.4, -0.2) is 31.0 Å². The number of carbonyl (C=O) groups is 2. The first-order chi connectivity index (χ1) is 12.4. The van der Waals surface area contributed by atoms with Gasteiger partial charge in [-0.3, -0.25) is 9.59 Å². The zero-order chi connectivity index (χ0) is 18.9. The number of ether oxygens (including phenoxy) is 2. The van der Waals surface area contributed by atoms with Crippen molar-refractivity contribution in [2.45, 2.75) is 25.5 Å². The van der Waals surface area contributed by atoms with E-state index in [0.717, 1.165) is 5.56 Å². The molecule has 26 heavy (non-hydrogen) atoms. The van der Waals surface area contributed by atoms with Crippen LogP contribution in [0.2, 0.25) is 0 Å². The fourth-order valence-electron chi connectivity index (χ4n) is 3.36. The summed E-state index contributed by atoms with van der Waals surface area (Å²) < 4.78 is 10.5.